The minimum Gasteiger partial charge on any atom is -0.379 e. The molecule has 0 aliphatic carbocycles. The van der Waals surface area contributed by atoms with Crippen LogP contribution in [-0.4, -0.2) is 54.7 Å². The molecule has 1 atom stereocenters. The molecular weight excluding hydrogens is 286 g/mol. The van der Waals surface area contributed by atoms with Gasteiger partial charge in [0.05, 0.1) is 28.9 Å². The summed E-state index contributed by atoms with van der Waals surface area (Å²) in [5, 5.41) is 3.06. The molecule has 1 aliphatic heterocycles. The van der Waals surface area contributed by atoms with E-state index in [1.54, 1.807) is 16.8 Å². The number of benzene rings is 1. The minimum atomic E-state index is -0.0222. The minimum absolute atomic E-state index is 0.0222. The van der Waals surface area contributed by atoms with Crippen LogP contribution in [0.4, 0.5) is 0 Å². The van der Waals surface area contributed by atoms with E-state index in [0.717, 1.165) is 43.1 Å². The predicted octanol–water partition coefficient (Wildman–Crippen LogP) is 1.75. The standard InChI is InChI=1S/C15H19N3O2S/c1-11(9-18-4-6-20-7-5-18)17-15(19)12-2-3-13-14(8-12)21-10-16-13/h2-3,8,10-11H,4-7,9H2,1H3,(H,17,19)/t11-/m1/s1. The van der Waals surface area contributed by atoms with Gasteiger partial charge in [-0.3, -0.25) is 9.69 Å². The molecule has 112 valence electrons. The predicted molar refractivity (Wildman–Crippen MR) is 83.8 cm³/mol. The summed E-state index contributed by atoms with van der Waals surface area (Å²) in [7, 11) is 0. The van der Waals surface area contributed by atoms with Gasteiger partial charge < -0.3 is 10.1 Å². The summed E-state index contributed by atoms with van der Waals surface area (Å²) in [6.45, 7) is 6.34. The van der Waals surface area contributed by atoms with Crippen LogP contribution in [0.2, 0.25) is 0 Å². The van der Waals surface area contributed by atoms with Gasteiger partial charge in [0.15, 0.2) is 0 Å². The van der Waals surface area contributed by atoms with Crippen molar-refractivity contribution in [1.82, 2.24) is 15.2 Å². The molecule has 1 fully saturated rings. The van der Waals surface area contributed by atoms with Gasteiger partial charge in [-0.25, -0.2) is 4.98 Å². The molecule has 21 heavy (non-hydrogen) atoms. The number of aromatic nitrogens is 1. The molecule has 1 aromatic carbocycles. The van der Waals surface area contributed by atoms with Gasteiger partial charge in [0.2, 0.25) is 0 Å². The largest absolute Gasteiger partial charge is 0.379 e. The first kappa shape index (κ1) is 14.4. The van der Waals surface area contributed by atoms with Crippen LogP contribution >= 0.6 is 11.3 Å². The fraction of sp³-hybridized carbons (Fsp3) is 0.467. The van der Waals surface area contributed by atoms with Gasteiger partial charge in [0, 0.05) is 31.2 Å². The second kappa shape index (κ2) is 6.51. The molecule has 0 saturated carbocycles. The Balaban J connectivity index is 1.59. The number of amides is 1. The van der Waals surface area contributed by atoms with E-state index in [0.29, 0.717) is 5.56 Å². The zero-order valence-corrected chi connectivity index (χ0v) is 12.9. The number of rotatable bonds is 4. The molecule has 0 bridgehead atoms. The van der Waals surface area contributed by atoms with Crippen molar-refractivity contribution in [2.24, 2.45) is 0 Å². The Bertz CT molecular complexity index is 622. The lowest BCUT2D eigenvalue weighted by Crippen LogP contribution is -2.46. The molecule has 1 aromatic heterocycles. The first-order valence-corrected chi connectivity index (χ1v) is 8.04. The highest BCUT2D eigenvalue weighted by atomic mass is 32.1. The maximum absolute atomic E-state index is 12.3. The van der Waals surface area contributed by atoms with Crippen molar-refractivity contribution in [2.45, 2.75) is 13.0 Å². The van der Waals surface area contributed by atoms with Crippen molar-refractivity contribution >= 4 is 27.5 Å². The van der Waals surface area contributed by atoms with E-state index in [9.17, 15) is 4.79 Å². The van der Waals surface area contributed by atoms with Gasteiger partial charge in [-0.15, -0.1) is 11.3 Å². The van der Waals surface area contributed by atoms with Crippen molar-refractivity contribution in [2.75, 3.05) is 32.8 Å². The highest BCUT2D eigenvalue weighted by molar-refractivity contribution is 7.16. The van der Waals surface area contributed by atoms with Crippen LogP contribution in [0.3, 0.4) is 0 Å². The third kappa shape index (κ3) is 3.58. The average molecular weight is 305 g/mol. The molecule has 0 spiro atoms. The van der Waals surface area contributed by atoms with Crippen molar-refractivity contribution in [1.29, 1.82) is 0 Å². The summed E-state index contributed by atoms with van der Waals surface area (Å²) in [5.41, 5.74) is 3.44. The average Bonchev–Trinajstić information content (AvgIpc) is 2.95. The summed E-state index contributed by atoms with van der Waals surface area (Å²) < 4.78 is 6.38. The van der Waals surface area contributed by atoms with E-state index in [1.807, 2.05) is 25.1 Å². The number of fused-ring (bicyclic) bond motifs is 1. The lowest BCUT2D eigenvalue weighted by atomic mass is 10.2. The number of nitrogens with zero attached hydrogens (tertiary/aromatic N) is 2. The number of morpholine rings is 1. The lowest BCUT2D eigenvalue weighted by Gasteiger charge is -2.29. The highest BCUT2D eigenvalue weighted by Crippen LogP contribution is 2.19. The first-order valence-electron chi connectivity index (χ1n) is 7.16. The molecule has 1 amide bonds. The van der Waals surface area contributed by atoms with Crippen molar-refractivity contribution in [3.63, 3.8) is 0 Å². The van der Waals surface area contributed by atoms with Crippen molar-refractivity contribution in [3.05, 3.63) is 29.3 Å². The number of hydrogen-bond donors (Lipinski definition) is 1. The molecule has 0 unspecified atom stereocenters. The third-order valence-electron chi connectivity index (χ3n) is 3.61. The maximum atomic E-state index is 12.3. The number of nitrogens with one attached hydrogen (secondary N) is 1. The highest BCUT2D eigenvalue weighted by Gasteiger charge is 2.16. The first-order chi connectivity index (χ1) is 10.2. The van der Waals surface area contributed by atoms with Crippen LogP contribution in [0.1, 0.15) is 17.3 Å². The second-order valence-electron chi connectivity index (χ2n) is 5.32. The summed E-state index contributed by atoms with van der Waals surface area (Å²) in [6, 6.07) is 5.75. The van der Waals surface area contributed by atoms with Crippen LogP contribution < -0.4 is 5.32 Å². The van der Waals surface area contributed by atoms with Crippen LogP contribution in [0.25, 0.3) is 10.2 Å². The van der Waals surface area contributed by atoms with Gasteiger partial charge in [0.25, 0.3) is 5.91 Å². The molecule has 6 heteroatoms. The van der Waals surface area contributed by atoms with Gasteiger partial charge in [-0.1, -0.05) is 0 Å². The Labute approximate surface area is 127 Å². The number of hydrogen-bond acceptors (Lipinski definition) is 5. The summed E-state index contributed by atoms with van der Waals surface area (Å²) in [6.07, 6.45) is 0. The number of thiazole rings is 1. The third-order valence-corrected chi connectivity index (χ3v) is 4.40. The van der Waals surface area contributed by atoms with E-state index < -0.39 is 0 Å². The molecule has 1 aliphatic rings. The SMILES string of the molecule is C[C@H](CN1CCOCC1)NC(=O)c1ccc2ncsc2c1. The molecule has 1 saturated heterocycles. The Hall–Kier alpha value is -1.50. The Morgan fingerprint density at radius 1 is 1.48 bits per heavy atom. The molecule has 0 radical (unpaired) electrons. The monoisotopic (exact) mass is 305 g/mol. The number of ether oxygens (including phenoxy) is 1. The molecule has 2 heterocycles. The van der Waals surface area contributed by atoms with Gasteiger partial charge in [0.1, 0.15) is 0 Å². The zero-order valence-electron chi connectivity index (χ0n) is 12.0. The van der Waals surface area contributed by atoms with Crippen LogP contribution in [0, 0.1) is 0 Å². The molecule has 1 N–H and O–H groups in total. The van der Waals surface area contributed by atoms with Crippen LogP contribution in [-0.2, 0) is 4.74 Å². The second-order valence-corrected chi connectivity index (χ2v) is 6.21. The van der Waals surface area contributed by atoms with E-state index >= 15 is 0 Å². The summed E-state index contributed by atoms with van der Waals surface area (Å²) in [4.78, 5) is 18.8. The Morgan fingerprint density at radius 3 is 3.10 bits per heavy atom. The maximum Gasteiger partial charge on any atom is 0.251 e. The normalized spacial score (nSPS) is 17.8. The zero-order chi connectivity index (χ0) is 14.7. The van der Waals surface area contributed by atoms with Crippen molar-refractivity contribution < 1.29 is 9.53 Å². The number of carbonyl (C=O) groups is 1. The van der Waals surface area contributed by atoms with E-state index in [-0.39, 0.29) is 11.9 Å². The van der Waals surface area contributed by atoms with Crippen LogP contribution in [0.5, 0.6) is 0 Å². The Morgan fingerprint density at radius 2 is 2.29 bits per heavy atom. The Kier molecular flexibility index (Phi) is 4.48. The summed E-state index contributed by atoms with van der Waals surface area (Å²) in [5.74, 6) is -0.0222. The van der Waals surface area contributed by atoms with E-state index in [1.165, 1.54) is 0 Å². The van der Waals surface area contributed by atoms with Gasteiger partial charge >= 0.3 is 0 Å². The van der Waals surface area contributed by atoms with Gasteiger partial charge in [-0.05, 0) is 25.1 Å². The smallest absolute Gasteiger partial charge is 0.251 e. The van der Waals surface area contributed by atoms with E-state index in [2.05, 4.69) is 15.2 Å². The molecule has 2 aromatic rings. The van der Waals surface area contributed by atoms with E-state index in [4.69, 9.17) is 4.74 Å². The molecule has 5 nitrogen and oxygen atoms in total. The quantitative estimate of drug-likeness (QED) is 0.935. The van der Waals surface area contributed by atoms with Gasteiger partial charge in [-0.2, -0.15) is 0 Å². The molecular formula is C15H19N3O2S. The lowest BCUT2D eigenvalue weighted by molar-refractivity contribution is 0.0342. The fourth-order valence-electron chi connectivity index (χ4n) is 2.52. The van der Waals surface area contributed by atoms with Crippen molar-refractivity contribution in [3.8, 4) is 0 Å². The fourth-order valence-corrected chi connectivity index (χ4v) is 3.24. The summed E-state index contributed by atoms with van der Waals surface area (Å²) >= 11 is 1.55. The number of carbonyl (C=O) groups excluding carboxylic acids is 1. The molecule has 3 rings (SSSR count). The van der Waals surface area contributed by atoms with Crippen LogP contribution in [0.15, 0.2) is 23.7 Å². The topological polar surface area (TPSA) is 54.5 Å².